The van der Waals surface area contributed by atoms with Gasteiger partial charge in [0.2, 0.25) is 0 Å². The average molecular weight is 201 g/mol. The van der Waals surface area contributed by atoms with Crippen LogP contribution in [0.2, 0.25) is 0 Å². The Morgan fingerprint density at radius 3 is 2.71 bits per heavy atom. The lowest BCUT2D eigenvalue weighted by atomic mass is 9.80. The van der Waals surface area contributed by atoms with Crippen molar-refractivity contribution in [3.8, 4) is 0 Å². The summed E-state index contributed by atoms with van der Waals surface area (Å²) in [5, 5.41) is 24.2. The van der Waals surface area contributed by atoms with Crippen LogP contribution in [0.4, 0.5) is 0 Å². The van der Waals surface area contributed by atoms with Gasteiger partial charge in [0.25, 0.3) is 0 Å². The summed E-state index contributed by atoms with van der Waals surface area (Å²) in [4.78, 5) is 0. The average Bonchev–Trinajstić information content (AvgIpc) is 2.13. The van der Waals surface area contributed by atoms with E-state index in [1.807, 2.05) is 6.92 Å². The maximum absolute atomic E-state index is 9.75. The molecule has 0 radical (unpaired) electrons. The van der Waals surface area contributed by atoms with E-state index in [2.05, 4.69) is 10.5 Å². The van der Waals surface area contributed by atoms with Crippen LogP contribution in [0.15, 0.2) is 5.16 Å². The van der Waals surface area contributed by atoms with Gasteiger partial charge in [-0.2, -0.15) is 0 Å². The molecule has 0 heterocycles. The Kier molecular flexibility index (Phi) is 3.71. The van der Waals surface area contributed by atoms with Gasteiger partial charge in [0.1, 0.15) is 5.84 Å². The zero-order valence-electron chi connectivity index (χ0n) is 8.53. The van der Waals surface area contributed by atoms with Crippen molar-refractivity contribution in [2.24, 2.45) is 16.8 Å². The van der Waals surface area contributed by atoms with Gasteiger partial charge < -0.3 is 21.4 Å². The minimum absolute atomic E-state index is 0.0105. The third-order valence-corrected chi connectivity index (χ3v) is 2.81. The summed E-state index contributed by atoms with van der Waals surface area (Å²) in [5.74, 6) is 0.210. The molecule has 1 aliphatic carbocycles. The zero-order chi connectivity index (χ0) is 10.6. The number of hydrogen-bond donors (Lipinski definition) is 4. The van der Waals surface area contributed by atoms with E-state index in [-0.39, 0.29) is 11.8 Å². The monoisotopic (exact) mass is 201 g/mol. The number of nitrogens with two attached hydrogens (primary N) is 1. The molecule has 1 fully saturated rings. The van der Waals surface area contributed by atoms with Crippen molar-refractivity contribution in [2.75, 3.05) is 13.1 Å². The van der Waals surface area contributed by atoms with Crippen LogP contribution in [0.25, 0.3) is 0 Å². The van der Waals surface area contributed by atoms with E-state index in [1.54, 1.807) is 0 Å². The van der Waals surface area contributed by atoms with E-state index in [0.29, 0.717) is 13.1 Å². The van der Waals surface area contributed by atoms with Crippen LogP contribution in [0.1, 0.15) is 26.2 Å². The standard InChI is InChI=1S/C9H19N3O2/c1-7(8(10)12-14)5-11-6-9(13)3-2-4-9/h7,11,13-14H,2-6H2,1H3,(H2,10,12). The normalized spacial score (nSPS) is 22.9. The summed E-state index contributed by atoms with van der Waals surface area (Å²) in [6, 6.07) is 0. The van der Waals surface area contributed by atoms with Gasteiger partial charge in [-0.15, -0.1) is 0 Å². The fourth-order valence-electron chi connectivity index (χ4n) is 1.49. The van der Waals surface area contributed by atoms with Crippen LogP contribution in [0.3, 0.4) is 0 Å². The summed E-state index contributed by atoms with van der Waals surface area (Å²) in [7, 11) is 0. The van der Waals surface area contributed by atoms with Crippen LogP contribution in [0.5, 0.6) is 0 Å². The van der Waals surface area contributed by atoms with Crippen molar-refractivity contribution in [3.63, 3.8) is 0 Å². The molecule has 1 saturated carbocycles. The molecule has 5 heteroatoms. The second-order valence-corrected chi connectivity index (χ2v) is 4.13. The largest absolute Gasteiger partial charge is 0.409 e. The Morgan fingerprint density at radius 2 is 2.29 bits per heavy atom. The van der Waals surface area contributed by atoms with Crippen LogP contribution < -0.4 is 11.1 Å². The molecule has 0 spiro atoms. The Hall–Kier alpha value is -0.810. The quantitative estimate of drug-likeness (QED) is 0.216. The molecule has 1 unspecified atom stereocenters. The number of oxime groups is 1. The molecule has 0 saturated heterocycles. The maximum atomic E-state index is 9.75. The van der Waals surface area contributed by atoms with Gasteiger partial charge in [0.05, 0.1) is 5.60 Å². The SMILES string of the molecule is CC(CNCC1(O)CCC1)C(N)=NO. The van der Waals surface area contributed by atoms with E-state index < -0.39 is 5.60 Å². The topological polar surface area (TPSA) is 90.9 Å². The Bertz CT molecular complexity index is 214. The summed E-state index contributed by atoms with van der Waals surface area (Å²) in [6.45, 7) is 3.08. The minimum atomic E-state index is -0.509. The highest BCUT2D eigenvalue weighted by atomic mass is 16.4. The lowest BCUT2D eigenvalue weighted by Gasteiger charge is -2.37. The molecular formula is C9H19N3O2. The molecule has 0 bridgehead atoms. The Labute approximate surface area is 84.0 Å². The number of aliphatic hydroxyl groups is 1. The summed E-state index contributed by atoms with van der Waals surface area (Å²) >= 11 is 0. The highest BCUT2D eigenvalue weighted by molar-refractivity contribution is 5.82. The lowest BCUT2D eigenvalue weighted by molar-refractivity contribution is -0.0313. The first-order valence-electron chi connectivity index (χ1n) is 4.98. The van der Waals surface area contributed by atoms with Crippen molar-refractivity contribution in [2.45, 2.75) is 31.8 Å². The third-order valence-electron chi connectivity index (χ3n) is 2.81. The van der Waals surface area contributed by atoms with E-state index in [0.717, 1.165) is 19.3 Å². The first-order valence-corrected chi connectivity index (χ1v) is 4.98. The second-order valence-electron chi connectivity index (χ2n) is 4.13. The van der Waals surface area contributed by atoms with E-state index in [1.165, 1.54) is 0 Å². The molecule has 5 nitrogen and oxygen atoms in total. The van der Waals surface area contributed by atoms with Crippen molar-refractivity contribution < 1.29 is 10.3 Å². The van der Waals surface area contributed by atoms with Crippen molar-refractivity contribution in [1.82, 2.24) is 5.32 Å². The number of hydrogen-bond acceptors (Lipinski definition) is 4. The summed E-state index contributed by atoms with van der Waals surface area (Å²) in [5.41, 5.74) is 4.90. The lowest BCUT2D eigenvalue weighted by Crippen LogP contribution is -2.47. The molecule has 1 rings (SSSR count). The van der Waals surface area contributed by atoms with E-state index >= 15 is 0 Å². The molecular weight excluding hydrogens is 182 g/mol. The smallest absolute Gasteiger partial charge is 0.143 e. The van der Waals surface area contributed by atoms with Crippen LogP contribution in [0, 0.1) is 5.92 Å². The van der Waals surface area contributed by atoms with Gasteiger partial charge in [-0.3, -0.25) is 0 Å². The first-order chi connectivity index (χ1) is 6.57. The summed E-state index contributed by atoms with van der Waals surface area (Å²) in [6.07, 6.45) is 2.85. The van der Waals surface area contributed by atoms with Crippen LogP contribution in [-0.4, -0.2) is 34.8 Å². The third kappa shape index (κ3) is 2.85. The molecule has 0 aromatic rings. The first kappa shape index (κ1) is 11.3. The van der Waals surface area contributed by atoms with E-state index in [4.69, 9.17) is 10.9 Å². The molecule has 14 heavy (non-hydrogen) atoms. The fourth-order valence-corrected chi connectivity index (χ4v) is 1.49. The fraction of sp³-hybridized carbons (Fsp3) is 0.889. The van der Waals surface area contributed by atoms with Gasteiger partial charge in [-0.25, -0.2) is 0 Å². The zero-order valence-corrected chi connectivity index (χ0v) is 8.53. The molecule has 0 aliphatic heterocycles. The number of nitrogens with one attached hydrogen (secondary N) is 1. The second kappa shape index (κ2) is 4.61. The Balaban J connectivity index is 2.14. The predicted octanol–water partition coefficient (Wildman–Crippen LogP) is -0.126. The molecule has 1 aliphatic rings. The highest BCUT2D eigenvalue weighted by Crippen LogP contribution is 2.30. The van der Waals surface area contributed by atoms with Crippen molar-refractivity contribution >= 4 is 5.84 Å². The Morgan fingerprint density at radius 1 is 1.64 bits per heavy atom. The van der Waals surface area contributed by atoms with Gasteiger partial charge in [0.15, 0.2) is 0 Å². The highest BCUT2D eigenvalue weighted by Gasteiger charge is 2.33. The molecule has 1 atom stereocenters. The number of nitrogens with zero attached hydrogens (tertiary/aromatic N) is 1. The molecule has 0 aromatic heterocycles. The van der Waals surface area contributed by atoms with Gasteiger partial charge in [-0.05, 0) is 19.3 Å². The summed E-state index contributed by atoms with van der Waals surface area (Å²) < 4.78 is 0. The predicted molar refractivity (Wildman–Crippen MR) is 54.2 cm³/mol. The van der Waals surface area contributed by atoms with Crippen LogP contribution in [-0.2, 0) is 0 Å². The number of amidine groups is 1. The number of rotatable bonds is 5. The van der Waals surface area contributed by atoms with Crippen molar-refractivity contribution in [1.29, 1.82) is 0 Å². The molecule has 0 aromatic carbocycles. The van der Waals surface area contributed by atoms with Crippen molar-refractivity contribution in [3.05, 3.63) is 0 Å². The molecule has 82 valence electrons. The van der Waals surface area contributed by atoms with Crippen LogP contribution >= 0.6 is 0 Å². The molecule has 0 amide bonds. The molecule has 5 N–H and O–H groups in total. The maximum Gasteiger partial charge on any atom is 0.143 e. The minimum Gasteiger partial charge on any atom is -0.409 e. The van der Waals surface area contributed by atoms with Gasteiger partial charge in [0, 0.05) is 19.0 Å². The van der Waals surface area contributed by atoms with E-state index in [9.17, 15) is 5.11 Å². The van der Waals surface area contributed by atoms with Gasteiger partial charge >= 0.3 is 0 Å². The van der Waals surface area contributed by atoms with Gasteiger partial charge in [-0.1, -0.05) is 12.1 Å².